The predicted molar refractivity (Wildman–Crippen MR) is 86.3 cm³/mol. The SMILES string of the molecule is O=C(NCCc1ccc(Br)s1)c1ncccc1C#CCO. The standard InChI is InChI=1S/C15H13BrN2O2S/c16-13-6-5-12(21-13)7-9-18-15(20)14-11(4-2-10-19)3-1-8-17-14/h1,3,5-6,8,19H,7,9-10H2,(H,18,20). The number of aliphatic hydroxyl groups excluding tert-OH is 1. The van der Waals surface area contributed by atoms with Crippen molar-refractivity contribution in [2.75, 3.05) is 13.2 Å². The molecule has 0 aliphatic rings. The van der Waals surface area contributed by atoms with Gasteiger partial charge in [-0.05, 0) is 46.6 Å². The Morgan fingerprint density at radius 2 is 2.29 bits per heavy atom. The summed E-state index contributed by atoms with van der Waals surface area (Å²) in [6.07, 6.45) is 2.32. The van der Waals surface area contributed by atoms with Crippen LogP contribution in [0.3, 0.4) is 0 Å². The molecule has 0 bridgehead atoms. The van der Waals surface area contributed by atoms with Crippen LogP contribution in [0.1, 0.15) is 20.9 Å². The molecule has 2 aromatic rings. The molecule has 108 valence electrons. The Morgan fingerprint density at radius 3 is 3.00 bits per heavy atom. The highest BCUT2D eigenvalue weighted by Gasteiger charge is 2.11. The quantitative estimate of drug-likeness (QED) is 0.817. The Bertz CT molecular complexity index is 688. The second kappa shape index (κ2) is 7.93. The van der Waals surface area contributed by atoms with Gasteiger partial charge >= 0.3 is 0 Å². The van der Waals surface area contributed by atoms with Gasteiger partial charge in [-0.15, -0.1) is 11.3 Å². The number of nitrogens with zero attached hydrogens (tertiary/aromatic N) is 1. The van der Waals surface area contributed by atoms with Gasteiger partial charge in [-0.2, -0.15) is 0 Å². The van der Waals surface area contributed by atoms with Crippen molar-refractivity contribution in [1.29, 1.82) is 0 Å². The van der Waals surface area contributed by atoms with Gasteiger partial charge in [-0.3, -0.25) is 4.79 Å². The number of hydrogen-bond donors (Lipinski definition) is 2. The van der Waals surface area contributed by atoms with Crippen LogP contribution in [0.2, 0.25) is 0 Å². The summed E-state index contributed by atoms with van der Waals surface area (Å²) in [5, 5.41) is 11.6. The van der Waals surface area contributed by atoms with E-state index in [0.29, 0.717) is 12.1 Å². The number of rotatable bonds is 4. The predicted octanol–water partition coefficient (Wildman–Crippen LogP) is 2.22. The van der Waals surface area contributed by atoms with Crippen LogP contribution in [-0.2, 0) is 6.42 Å². The maximum Gasteiger partial charge on any atom is 0.271 e. The zero-order valence-corrected chi connectivity index (χ0v) is 13.5. The molecule has 6 heteroatoms. The fourth-order valence-corrected chi connectivity index (χ4v) is 3.17. The molecule has 0 aliphatic heterocycles. The first-order chi connectivity index (χ1) is 10.2. The molecule has 2 heterocycles. The Balaban J connectivity index is 1.97. The van der Waals surface area contributed by atoms with Crippen LogP contribution in [0, 0.1) is 11.8 Å². The summed E-state index contributed by atoms with van der Waals surface area (Å²) in [6, 6.07) is 7.44. The highest BCUT2D eigenvalue weighted by atomic mass is 79.9. The Hall–Kier alpha value is -1.68. The van der Waals surface area contributed by atoms with Crippen LogP contribution < -0.4 is 5.32 Å². The van der Waals surface area contributed by atoms with Crippen LogP contribution in [0.25, 0.3) is 0 Å². The van der Waals surface area contributed by atoms with Gasteiger partial charge in [-0.25, -0.2) is 4.98 Å². The van der Waals surface area contributed by atoms with Crippen molar-refractivity contribution < 1.29 is 9.90 Å². The Labute approximate surface area is 135 Å². The number of hydrogen-bond acceptors (Lipinski definition) is 4. The molecule has 4 nitrogen and oxygen atoms in total. The summed E-state index contributed by atoms with van der Waals surface area (Å²) in [6.45, 7) is 0.290. The maximum absolute atomic E-state index is 12.1. The van der Waals surface area contributed by atoms with Gasteiger partial charge in [0.2, 0.25) is 0 Å². The van der Waals surface area contributed by atoms with Crippen LogP contribution in [0.4, 0.5) is 0 Å². The zero-order chi connectivity index (χ0) is 15.1. The Morgan fingerprint density at radius 1 is 1.43 bits per heavy atom. The lowest BCUT2D eigenvalue weighted by Gasteiger charge is -2.05. The van der Waals surface area contributed by atoms with Gasteiger partial charge in [-0.1, -0.05) is 11.8 Å². The second-order valence-electron chi connectivity index (χ2n) is 4.07. The lowest BCUT2D eigenvalue weighted by Crippen LogP contribution is -2.27. The normalized spacial score (nSPS) is 9.81. The van der Waals surface area contributed by atoms with E-state index in [-0.39, 0.29) is 18.2 Å². The fourth-order valence-electron chi connectivity index (χ4n) is 1.69. The number of pyridine rings is 1. The van der Waals surface area contributed by atoms with Crippen molar-refractivity contribution in [2.45, 2.75) is 6.42 Å². The third-order valence-electron chi connectivity index (χ3n) is 2.61. The summed E-state index contributed by atoms with van der Waals surface area (Å²) in [5.41, 5.74) is 0.800. The average molecular weight is 365 g/mol. The van der Waals surface area contributed by atoms with Crippen LogP contribution in [0.15, 0.2) is 34.2 Å². The van der Waals surface area contributed by atoms with Crippen molar-refractivity contribution in [3.63, 3.8) is 0 Å². The minimum absolute atomic E-state index is 0.247. The van der Waals surface area contributed by atoms with E-state index in [1.165, 1.54) is 4.88 Å². The minimum Gasteiger partial charge on any atom is -0.384 e. The lowest BCUT2D eigenvalue weighted by molar-refractivity contribution is 0.0949. The number of amides is 1. The van der Waals surface area contributed by atoms with Crippen LogP contribution >= 0.6 is 27.3 Å². The monoisotopic (exact) mass is 364 g/mol. The highest BCUT2D eigenvalue weighted by Crippen LogP contribution is 2.22. The largest absolute Gasteiger partial charge is 0.384 e. The minimum atomic E-state index is -0.256. The second-order valence-corrected chi connectivity index (χ2v) is 6.62. The number of nitrogens with one attached hydrogen (secondary N) is 1. The van der Waals surface area contributed by atoms with Gasteiger partial charge in [0.15, 0.2) is 0 Å². The molecule has 0 aromatic carbocycles. The third-order valence-corrected chi connectivity index (χ3v) is 4.29. The number of carbonyl (C=O) groups excluding carboxylic acids is 1. The lowest BCUT2D eigenvalue weighted by atomic mass is 10.2. The van der Waals surface area contributed by atoms with E-state index in [2.05, 4.69) is 38.1 Å². The molecular formula is C15H13BrN2O2S. The van der Waals surface area contributed by atoms with Gasteiger partial charge in [0.05, 0.1) is 9.35 Å². The zero-order valence-electron chi connectivity index (χ0n) is 11.1. The Kier molecular flexibility index (Phi) is 5.93. The van der Waals surface area contributed by atoms with Gasteiger partial charge < -0.3 is 10.4 Å². The first kappa shape index (κ1) is 15.7. The van der Waals surface area contributed by atoms with E-state index >= 15 is 0 Å². The molecule has 0 atom stereocenters. The third kappa shape index (κ3) is 4.67. The van der Waals surface area contributed by atoms with Gasteiger partial charge in [0.25, 0.3) is 5.91 Å². The molecule has 0 radical (unpaired) electrons. The summed E-state index contributed by atoms with van der Waals surface area (Å²) < 4.78 is 1.08. The molecule has 2 rings (SSSR count). The molecule has 2 aromatic heterocycles. The van der Waals surface area contributed by atoms with Crippen LogP contribution in [0.5, 0.6) is 0 Å². The van der Waals surface area contributed by atoms with E-state index in [1.807, 2.05) is 12.1 Å². The molecule has 2 N–H and O–H groups in total. The smallest absolute Gasteiger partial charge is 0.271 e. The summed E-state index contributed by atoms with van der Waals surface area (Å²) in [4.78, 5) is 17.4. The number of aromatic nitrogens is 1. The first-order valence-corrected chi connectivity index (χ1v) is 7.89. The summed E-state index contributed by atoms with van der Waals surface area (Å²) in [5.74, 6) is 5.00. The molecular weight excluding hydrogens is 352 g/mol. The molecule has 0 aliphatic carbocycles. The summed E-state index contributed by atoms with van der Waals surface area (Å²) in [7, 11) is 0. The van der Waals surface area contributed by atoms with E-state index in [9.17, 15) is 4.79 Å². The molecule has 21 heavy (non-hydrogen) atoms. The molecule has 0 fully saturated rings. The molecule has 0 unspecified atom stereocenters. The van der Waals surface area contributed by atoms with E-state index in [4.69, 9.17) is 5.11 Å². The van der Waals surface area contributed by atoms with Crippen molar-refractivity contribution in [3.8, 4) is 11.8 Å². The highest BCUT2D eigenvalue weighted by molar-refractivity contribution is 9.11. The maximum atomic E-state index is 12.1. The van der Waals surface area contributed by atoms with Crippen molar-refractivity contribution >= 4 is 33.2 Å². The topological polar surface area (TPSA) is 62.2 Å². The average Bonchev–Trinajstić information content (AvgIpc) is 2.91. The first-order valence-electron chi connectivity index (χ1n) is 6.28. The van der Waals surface area contributed by atoms with E-state index in [1.54, 1.807) is 29.7 Å². The molecule has 0 spiro atoms. The number of aliphatic hydroxyl groups is 1. The van der Waals surface area contributed by atoms with Crippen molar-refractivity contribution in [2.24, 2.45) is 0 Å². The molecule has 0 saturated heterocycles. The van der Waals surface area contributed by atoms with Gasteiger partial charge in [0.1, 0.15) is 12.3 Å². The van der Waals surface area contributed by atoms with E-state index in [0.717, 1.165) is 10.2 Å². The fraction of sp³-hybridized carbons (Fsp3) is 0.200. The number of halogens is 1. The van der Waals surface area contributed by atoms with Crippen molar-refractivity contribution in [3.05, 3.63) is 50.4 Å². The molecule has 0 saturated carbocycles. The summed E-state index contributed by atoms with van der Waals surface area (Å²) >= 11 is 5.06. The van der Waals surface area contributed by atoms with Crippen LogP contribution in [-0.4, -0.2) is 29.1 Å². The van der Waals surface area contributed by atoms with E-state index < -0.39 is 0 Å². The number of thiophene rings is 1. The van der Waals surface area contributed by atoms with Gasteiger partial charge in [0, 0.05) is 17.6 Å². The molecule has 1 amide bonds. The van der Waals surface area contributed by atoms with Crippen molar-refractivity contribution in [1.82, 2.24) is 10.3 Å². The number of carbonyl (C=O) groups is 1.